The number of rotatable bonds is 1. The van der Waals surface area contributed by atoms with E-state index < -0.39 is 28.9 Å². The van der Waals surface area contributed by atoms with E-state index in [1.807, 2.05) is 4.98 Å². The van der Waals surface area contributed by atoms with Gasteiger partial charge in [-0.15, -0.1) is 0 Å². The molecule has 0 aliphatic rings. The summed E-state index contributed by atoms with van der Waals surface area (Å²) in [7, 11) is 0. The van der Waals surface area contributed by atoms with Crippen LogP contribution in [0.3, 0.4) is 0 Å². The molecule has 1 aromatic heterocycles. The van der Waals surface area contributed by atoms with Crippen LogP contribution in [0.25, 0.3) is 0 Å². The summed E-state index contributed by atoms with van der Waals surface area (Å²) in [5, 5.41) is 8.22. The van der Waals surface area contributed by atoms with Crippen LogP contribution in [0.5, 0.6) is 0 Å². The fraction of sp³-hybridized carbons (Fsp3) is 0.143. The number of aromatic nitrogens is 1. The SMILES string of the molecule is N#Cc1[nH]cc(C(F)F)c(=O)c1F. The van der Waals surface area contributed by atoms with E-state index in [4.69, 9.17) is 5.26 Å². The standard InChI is InChI=1S/C7H3F3N2O/c8-5-4(1-11)12-2-3(6(5)13)7(9)10/h2,7H,(H,12,13). The highest BCUT2D eigenvalue weighted by Crippen LogP contribution is 2.14. The predicted molar refractivity (Wildman–Crippen MR) is 36.7 cm³/mol. The molecule has 1 aromatic rings. The van der Waals surface area contributed by atoms with Crippen molar-refractivity contribution in [3.8, 4) is 6.07 Å². The third kappa shape index (κ3) is 1.54. The minimum Gasteiger partial charge on any atom is -0.350 e. The van der Waals surface area contributed by atoms with Crippen LogP contribution >= 0.6 is 0 Å². The Morgan fingerprint density at radius 2 is 2.15 bits per heavy atom. The van der Waals surface area contributed by atoms with E-state index in [0.717, 1.165) is 0 Å². The molecule has 3 nitrogen and oxygen atoms in total. The average molecular weight is 188 g/mol. The maximum Gasteiger partial charge on any atom is 0.269 e. The zero-order chi connectivity index (χ0) is 10.0. The lowest BCUT2D eigenvalue weighted by Gasteiger charge is -1.98. The van der Waals surface area contributed by atoms with Crippen molar-refractivity contribution in [2.24, 2.45) is 0 Å². The van der Waals surface area contributed by atoms with Crippen molar-refractivity contribution >= 4 is 0 Å². The van der Waals surface area contributed by atoms with Crippen molar-refractivity contribution < 1.29 is 13.2 Å². The molecule has 0 saturated carbocycles. The van der Waals surface area contributed by atoms with Gasteiger partial charge in [0.25, 0.3) is 6.43 Å². The molecule has 0 bridgehead atoms. The first-order valence-corrected chi connectivity index (χ1v) is 3.17. The molecule has 0 spiro atoms. The van der Waals surface area contributed by atoms with Crippen molar-refractivity contribution in [1.82, 2.24) is 4.98 Å². The third-order valence-electron chi connectivity index (χ3n) is 1.40. The number of hydrogen-bond donors (Lipinski definition) is 1. The van der Waals surface area contributed by atoms with Crippen LogP contribution in [0.1, 0.15) is 17.7 Å². The largest absolute Gasteiger partial charge is 0.350 e. The monoisotopic (exact) mass is 188 g/mol. The molecule has 1 rings (SSSR count). The molecule has 0 unspecified atom stereocenters. The first-order chi connectivity index (χ1) is 6.07. The molecule has 0 aliphatic carbocycles. The van der Waals surface area contributed by atoms with Crippen molar-refractivity contribution in [1.29, 1.82) is 5.26 Å². The second-order valence-corrected chi connectivity index (χ2v) is 2.17. The van der Waals surface area contributed by atoms with Crippen LogP contribution in [-0.2, 0) is 0 Å². The summed E-state index contributed by atoms with van der Waals surface area (Å²) in [5.74, 6) is -1.47. The number of aromatic amines is 1. The molecule has 0 amide bonds. The molecule has 6 heteroatoms. The Labute approximate surface area is 70.4 Å². The highest BCUT2D eigenvalue weighted by Gasteiger charge is 2.17. The summed E-state index contributed by atoms with van der Waals surface area (Å²) in [6.07, 6.45) is -2.42. The van der Waals surface area contributed by atoms with E-state index in [1.165, 1.54) is 6.07 Å². The van der Waals surface area contributed by atoms with Gasteiger partial charge in [0.15, 0.2) is 5.69 Å². The smallest absolute Gasteiger partial charge is 0.269 e. The maximum absolute atomic E-state index is 12.7. The highest BCUT2D eigenvalue weighted by atomic mass is 19.3. The van der Waals surface area contributed by atoms with Gasteiger partial charge in [0.1, 0.15) is 6.07 Å². The second-order valence-electron chi connectivity index (χ2n) is 2.17. The molecule has 68 valence electrons. The van der Waals surface area contributed by atoms with Gasteiger partial charge >= 0.3 is 0 Å². The lowest BCUT2D eigenvalue weighted by atomic mass is 10.2. The number of hydrogen-bond acceptors (Lipinski definition) is 2. The average Bonchev–Trinajstić information content (AvgIpc) is 2.09. The fourth-order valence-electron chi connectivity index (χ4n) is 0.763. The van der Waals surface area contributed by atoms with E-state index in [9.17, 15) is 18.0 Å². The van der Waals surface area contributed by atoms with Crippen LogP contribution in [-0.4, -0.2) is 4.98 Å². The summed E-state index contributed by atoms with van der Waals surface area (Å²) in [4.78, 5) is 12.7. The molecule has 0 aliphatic heterocycles. The Morgan fingerprint density at radius 1 is 1.54 bits per heavy atom. The first kappa shape index (κ1) is 9.32. The highest BCUT2D eigenvalue weighted by molar-refractivity contribution is 5.25. The van der Waals surface area contributed by atoms with Gasteiger partial charge in [-0.25, -0.2) is 8.78 Å². The molecule has 0 fully saturated rings. The number of halogens is 3. The number of alkyl halides is 2. The number of nitriles is 1. The zero-order valence-corrected chi connectivity index (χ0v) is 6.14. The van der Waals surface area contributed by atoms with Gasteiger partial charge in [0.05, 0.1) is 5.56 Å². The maximum atomic E-state index is 12.7. The predicted octanol–water partition coefficient (Wildman–Crippen LogP) is 1.32. The van der Waals surface area contributed by atoms with Gasteiger partial charge in [-0.05, 0) is 0 Å². The molecule has 0 aromatic carbocycles. The number of pyridine rings is 1. The minimum absolute atomic E-state index is 0.634. The minimum atomic E-state index is -3.05. The molecule has 0 atom stereocenters. The first-order valence-electron chi connectivity index (χ1n) is 3.17. The van der Waals surface area contributed by atoms with Gasteiger partial charge in [-0.2, -0.15) is 9.65 Å². The topological polar surface area (TPSA) is 56.6 Å². The number of nitrogens with one attached hydrogen (secondary N) is 1. The Balaban J connectivity index is 3.43. The van der Waals surface area contributed by atoms with Gasteiger partial charge in [-0.1, -0.05) is 0 Å². The van der Waals surface area contributed by atoms with E-state index in [0.29, 0.717) is 6.20 Å². The summed E-state index contributed by atoms with van der Waals surface area (Å²) in [6.45, 7) is 0. The van der Waals surface area contributed by atoms with E-state index in [1.54, 1.807) is 0 Å². The van der Waals surface area contributed by atoms with Crippen LogP contribution < -0.4 is 5.43 Å². The molecule has 1 N–H and O–H groups in total. The van der Waals surface area contributed by atoms with Crippen LogP contribution in [0.15, 0.2) is 11.0 Å². The van der Waals surface area contributed by atoms with Crippen molar-refractivity contribution in [2.45, 2.75) is 6.43 Å². The van der Waals surface area contributed by atoms with Gasteiger partial charge in [0, 0.05) is 6.20 Å². The molecule has 0 saturated heterocycles. The van der Waals surface area contributed by atoms with E-state index in [2.05, 4.69) is 0 Å². The quantitative estimate of drug-likeness (QED) is 0.722. The normalized spacial score (nSPS) is 10.1. The van der Waals surface area contributed by atoms with Gasteiger partial charge in [-0.3, -0.25) is 4.79 Å². The van der Waals surface area contributed by atoms with Crippen LogP contribution in [0, 0.1) is 17.1 Å². The number of nitrogens with zero attached hydrogens (tertiary/aromatic N) is 1. The van der Waals surface area contributed by atoms with Crippen molar-refractivity contribution in [3.63, 3.8) is 0 Å². The molecular formula is C7H3F3N2O. The van der Waals surface area contributed by atoms with Crippen LogP contribution in [0.2, 0.25) is 0 Å². The second kappa shape index (κ2) is 3.31. The van der Waals surface area contributed by atoms with Crippen molar-refractivity contribution in [2.75, 3.05) is 0 Å². The zero-order valence-electron chi connectivity index (χ0n) is 6.14. The Kier molecular flexibility index (Phi) is 2.37. The summed E-state index contributed by atoms with van der Waals surface area (Å²) >= 11 is 0. The summed E-state index contributed by atoms with van der Waals surface area (Å²) in [6, 6.07) is 1.33. The Hall–Kier alpha value is -1.77. The fourth-order valence-corrected chi connectivity index (χ4v) is 0.763. The third-order valence-corrected chi connectivity index (χ3v) is 1.40. The van der Waals surface area contributed by atoms with Crippen molar-refractivity contribution in [3.05, 3.63) is 33.5 Å². The lowest BCUT2D eigenvalue weighted by Crippen LogP contribution is -2.16. The van der Waals surface area contributed by atoms with Gasteiger partial charge in [0.2, 0.25) is 11.2 Å². The van der Waals surface area contributed by atoms with E-state index >= 15 is 0 Å². The molecule has 0 radical (unpaired) electrons. The van der Waals surface area contributed by atoms with Crippen LogP contribution in [0.4, 0.5) is 13.2 Å². The lowest BCUT2D eigenvalue weighted by molar-refractivity contribution is 0.149. The Bertz CT molecular complexity index is 419. The number of H-pyrrole nitrogens is 1. The molecule has 1 heterocycles. The molecule has 13 heavy (non-hydrogen) atoms. The summed E-state index contributed by atoms with van der Waals surface area (Å²) in [5.41, 5.74) is -3.06. The van der Waals surface area contributed by atoms with Gasteiger partial charge < -0.3 is 4.98 Å². The summed E-state index contributed by atoms with van der Waals surface area (Å²) < 4.78 is 36.7. The van der Waals surface area contributed by atoms with E-state index in [-0.39, 0.29) is 0 Å². The Morgan fingerprint density at radius 3 is 2.62 bits per heavy atom. The molecular weight excluding hydrogens is 185 g/mol.